The zero-order valence-corrected chi connectivity index (χ0v) is 23.3. The second-order valence-corrected chi connectivity index (χ2v) is 11.5. The van der Waals surface area contributed by atoms with Crippen molar-refractivity contribution in [1.29, 1.82) is 0 Å². The Bertz CT molecular complexity index is 1190. The van der Waals surface area contributed by atoms with Gasteiger partial charge < -0.3 is 25.4 Å². The van der Waals surface area contributed by atoms with Crippen LogP contribution >= 0.6 is 0 Å². The lowest BCUT2D eigenvalue weighted by atomic mass is 9.81. The first kappa shape index (κ1) is 28.0. The molecule has 40 heavy (non-hydrogen) atoms. The van der Waals surface area contributed by atoms with Gasteiger partial charge in [0.2, 0.25) is 5.91 Å². The number of nitrogens with two attached hydrogens (primary N) is 1. The summed E-state index contributed by atoms with van der Waals surface area (Å²) in [5, 5.41) is 9.55. The monoisotopic (exact) mass is 546 g/mol. The number of para-hydroxylation sites is 1. The molecule has 0 unspecified atom stereocenters. The van der Waals surface area contributed by atoms with Gasteiger partial charge in [-0.25, -0.2) is 4.99 Å². The molecule has 2 aromatic carbocycles. The van der Waals surface area contributed by atoms with Gasteiger partial charge in [-0.1, -0.05) is 56.7 Å². The number of aliphatic imine (C=N–C) groups is 1. The van der Waals surface area contributed by atoms with Gasteiger partial charge in [0, 0.05) is 30.6 Å². The highest BCUT2D eigenvalue weighted by Crippen LogP contribution is 2.37. The molecular weight excluding hydrogens is 504 g/mol. The molecule has 0 radical (unpaired) electrons. The van der Waals surface area contributed by atoms with Gasteiger partial charge in [0.1, 0.15) is 18.0 Å². The predicted octanol–water partition coefficient (Wildman–Crippen LogP) is 6.22. The quantitative estimate of drug-likeness (QED) is 0.366. The number of ether oxygens (including phenoxy) is 1. The number of aliphatic carboxylic acids is 1. The standard InChI is InChI=1S/C32H42N4O4/c33-32-34-28-17-16-27(40-26-14-8-3-9-15-26)20-24(28)21-36(32)29(23-10-4-1-5-11-23)18-19-30(37)35(22-31(38)39)25-12-6-2-7-13-25/h3,8-9,14-17,20,23,25,29H,1-2,4-7,10-13,18-19,21-22H2,(H2,33,34)(H,38,39)/t29-/m0/s1. The van der Waals surface area contributed by atoms with E-state index in [-0.39, 0.29) is 24.5 Å². The molecular formula is C32H42N4O4. The molecule has 0 bridgehead atoms. The van der Waals surface area contributed by atoms with Gasteiger partial charge in [0.25, 0.3) is 0 Å². The maximum Gasteiger partial charge on any atom is 0.323 e. The molecule has 5 rings (SSSR count). The van der Waals surface area contributed by atoms with Crippen molar-refractivity contribution in [3.8, 4) is 11.5 Å². The van der Waals surface area contributed by atoms with E-state index in [0.29, 0.717) is 31.3 Å². The highest BCUT2D eigenvalue weighted by Gasteiger charge is 2.34. The Balaban J connectivity index is 1.33. The third-order valence-electron chi connectivity index (χ3n) is 8.79. The summed E-state index contributed by atoms with van der Waals surface area (Å²) >= 11 is 0. The number of guanidine groups is 1. The molecule has 1 aliphatic heterocycles. The molecule has 2 aliphatic carbocycles. The fourth-order valence-corrected chi connectivity index (χ4v) is 6.76. The van der Waals surface area contributed by atoms with Gasteiger partial charge in [-0.2, -0.15) is 0 Å². The summed E-state index contributed by atoms with van der Waals surface area (Å²) in [6.45, 7) is 0.385. The van der Waals surface area contributed by atoms with Crippen molar-refractivity contribution in [3.63, 3.8) is 0 Å². The Morgan fingerprint density at radius 3 is 2.38 bits per heavy atom. The van der Waals surface area contributed by atoms with Crippen LogP contribution in [0.25, 0.3) is 0 Å². The highest BCUT2D eigenvalue weighted by molar-refractivity contribution is 5.84. The first-order valence-corrected chi connectivity index (χ1v) is 15.0. The minimum Gasteiger partial charge on any atom is -0.480 e. The van der Waals surface area contributed by atoms with Gasteiger partial charge >= 0.3 is 5.97 Å². The van der Waals surface area contributed by atoms with E-state index in [9.17, 15) is 14.7 Å². The minimum atomic E-state index is -0.944. The van der Waals surface area contributed by atoms with Crippen molar-refractivity contribution >= 4 is 23.5 Å². The van der Waals surface area contributed by atoms with Crippen molar-refractivity contribution in [3.05, 3.63) is 54.1 Å². The average molecular weight is 547 g/mol. The second kappa shape index (κ2) is 13.2. The third-order valence-corrected chi connectivity index (χ3v) is 8.79. The topological polar surface area (TPSA) is 108 Å². The van der Waals surface area contributed by atoms with Crippen molar-refractivity contribution in [2.75, 3.05) is 6.54 Å². The Morgan fingerprint density at radius 1 is 0.975 bits per heavy atom. The van der Waals surface area contributed by atoms with Gasteiger partial charge in [-0.05, 0) is 68.4 Å². The molecule has 2 saturated carbocycles. The van der Waals surface area contributed by atoms with Crippen LogP contribution < -0.4 is 10.5 Å². The molecule has 2 aromatic rings. The summed E-state index contributed by atoms with van der Waals surface area (Å²) in [6, 6.07) is 15.7. The number of benzene rings is 2. The lowest BCUT2D eigenvalue weighted by molar-refractivity contribution is -0.147. The Labute approximate surface area is 237 Å². The number of carboxylic acids is 1. The lowest BCUT2D eigenvalue weighted by Gasteiger charge is -2.41. The molecule has 3 N–H and O–H groups in total. The zero-order chi connectivity index (χ0) is 27.9. The van der Waals surface area contributed by atoms with Crippen molar-refractivity contribution in [1.82, 2.24) is 9.80 Å². The van der Waals surface area contributed by atoms with E-state index in [1.807, 2.05) is 48.5 Å². The maximum absolute atomic E-state index is 13.5. The van der Waals surface area contributed by atoms with Gasteiger partial charge in [0.15, 0.2) is 5.96 Å². The first-order valence-electron chi connectivity index (χ1n) is 15.0. The maximum atomic E-state index is 13.5. The molecule has 214 valence electrons. The molecule has 0 aromatic heterocycles. The molecule has 1 amide bonds. The summed E-state index contributed by atoms with van der Waals surface area (Å²) in [6.07, 6.45) is 11.8. The fraction of sp³-hybridized carbons (Fsp3) is 0.531. The number of hydrogen-bond acceptors (Lipinski definition) is 6. The highest BCUT2D eigenvalue weighted by atomic mass is 16.5. The van der Waals surface area contributed by atoms with Crippen LogP contribution in [-0.2, 0) is 16.1 Å². The summed E-state index contributed by atoms with van der Waals surface area (Å²) in [5.74, 6) is 1.44. The van der Waals surface area contributed by atoms with Crippen LogP contribution in [0.15, 0.2) is 53.5 Å². The summed E-state index contributed by atoms with van der Waals surface area (Å²) in [5.41, 5.74) is 8.47. The van der Waals surface area contributed by atoms with E-state index in [0.717, 1.165) is 67.7 Å². The molecule has 2 fully saturated rings. The second-order valence-electron chi connectivity index (χ2n) is 11.5. The predicted molar refractivity (Wildman–Crippen MR) is 156 cm³/mol. The van der Waals surface area contributed by atoms with Crippen LogP contribution in [0, 0.1) is 5.92 Å². The van der Waals surface area contributed by atoms with Crippen LogP contribution in [0.1, 0.15) is 82.6 Å². The van der Waals surface area contributed by atoms with Crippen LogP contribution in [-0.4, -0.2) is 51.4 Å². The number of fused-ring (bicyclic) bond motifs is 1. The number of carboxylic acid groups (broad SMARTS) is 1. The SMILES string of the molecule is NC1=Nc2ccc(Oc3ccccc3)cc2CN1[C@@H](CCC(=O)N(CC(=O)O)C1CCCCC1)C1CCCCC1. The first-order chi connectivity index (χ1) is 19.5. The number of carbonyl (C=O) groups is 2. The van der Waals surface area contributed by atoms with Crippen LogP contribution in [0.4, 0.5) is 5.69 Å². The Morgan fingerprint density at radius 2 is 1.68 bits per heavy atom. The van der Waals surface area contributed by atoms with E-state index in [1.54, 1.807) is 4.90 Å². The Kier molecular flexibility index (Phi) is 9.24. The van der Waals surface area contributed by atoms with E-state index in [1.165, 1.54) is 19.3 Å². The zero-order valence-electron chi connectivity index (χ0n) is 23.3. The van der Waals surface area contributed by atoms with E-state index in [4.69, 9.17) is 15.5 Å². The lowest BCUT2D eigenvalue weighted by Crippen LogP contribution is -2.50. The minimum absolute atomic E-state index is 0.0296. The van der Waals surface area contributed by atoms with Gasteiger partial charge in [0.05, 0.1) is 5.69 Å². The van der Waals surface area contributed by atoms with Crippen molar-refractivity contribution in [2.24, 2.45) is 16.6 Å². The number of rotatable bonds is 10. The molecule has 8 nitrogen and oxygen atoms in total. The molecule has 1 atom stereocenters. The number of hydrogen-bond donors (Lipinski definition) is 2. The number of carbonyl (C=O) groups excluding carboxylic acids is 1. The Hall–Kier alpha value is -3.55. The van der Waals surface area contributed by atoms with Gasteiger partial charge in [-0.15, -0.1) is 0 Å². The van der Waals surface area contributed by atoms with Crippen LogP contribution in [0.5, 0.6) is 11.5 Å². The smallest absolute Gasteiger partial charge is 0.323 e. The summed E-state index contributed by atoms with van der Waals surface area (Å²) in [4.78, 5) is 33.7. The number of amides is 1. The fourth-order valence-electron chi connectivity index (χ4n) is 6.76. The summed E-state index contributed by atoms with van der Waals surface area (Å²) < 4.78 is 6.08. The largest absolute Gasteiger partial charge is 0.480 e. The van der Waals surface area contributed by atoms with Gasteiger partial charge in [-0.3, -0.25) is 9.59 Å². The molecule has 8 heteroatoms. The normalized spacial score (nSPS) is 18.9. The van der Waals surface area contributed by atoms with E-state index in [2.05, 4.69) is 4.90 Å². The van der Waals surface area contributed by atoms with E-state index < -0.39 is 5.97 Å². The van der Waals surface area contributed by atoms with Crippen molar-refractivity contribution < 1.29 is 19.4 Å². The number of nitrogens with zero attached hydrogens (tertiary/aromatic N) is 3. The molecule has 1 heterocycles. The third kappa shape index (κ3) is 6.95. The molecule has 0 spiro atoms. The van der Waals surface area contributed by atoms with Crippen molar-refractivity contribution in [2.45, 2.75) is 95.7 Å². The molecule has 3 aliphatic rings. The van der Waals surface area contributed by atoms with E-state index >= 15 is 0 Å². The average Bonchev–Trinajstić information content (AvgIpc) is 2.97. The van der Waals surface area contributed by atoms with Crippen LogP contribution in [0.3, 0.4) is 0 Å². The molecule has 0 saturated heterocycles. The van der Waals surface area contributed by atoms with Crippen LogP contribution in [0.2, 0.25) is 0 Å². The summed E-state index contributed by atoms with van der Waals surface area (Å²) in [7, 11) is 0.